The van der Waals surface area contributed by atoms with Gasteiger partial charge in [0.15, 0.2) is 0 Å². The molecule has 1 atom stereocenters. The van der Waals surface area contributed by atoms with Crippen molar-refractivity contribution in [3.05, 3.63) is 62.1 Å². The first-order valence-electron chi connectivity index (χ1n) is 6.52. The second-order valence-electron chi connectivity index (χ2n) is 5.11. The number of carbonyl (C=O) groups is 1. The lowest BCUT2D eigenvalue weighted by Gasteiger charge is -2.17. The van der Waals surface area contributed by atoms with Crippen molar-refractivity contribution in [3.8, 4) is 0 Å². The number of anilines is 1. The fourth-order valence-electron chi connectivity index (χ4n) is 2.56. The zero-order valence-electron chi connectivity index (χ0n) is 11.3. The molecular formula is C16H13BrClNO2. The van der Waals surface area contributed by atoms with Crippen molar-refractivity contribution in [3.63, 3.8) is 0 Å². The highest BCUT2D eigenvalue weighted by Gasteiger charge is 2.23. The van der Waals surface area contributed by atoms with Gasteiger partial charge in [0, 0.05) is 20.7 Å². The summed E-state index contributed by atoms with van der Waals surface area (Å²) in [5, 5.41) is 13.9. The van der Waals surface area contributed by atoms with Crippen LogP contribution in [0.4, 0.5) is 5.69 Å². The minimum Gasteiger partial charge on any atom is -0.384 e. The van der Waals surface area contributed by atoms with E-state index < -0.39 is 6.10 Å². The minimum atomic E-state index is -0.823. The van der Waals surface area contributed by atoms with Crippen LogP contribution in [-0.4, -0.2) is 11.0 Å². The molecule has 0 aliphatic carbocycles. The first-order valence-corrected chi connectivity index (χ1v) is 7.69. The third-order valence-electron chi connectivity index (χ3n) is 3.75. The summed E-state index contributed by atoms with van der Waals surface area (Å²) in [6.45, 7) is 1.94. The average molecular weight is 367 g/mol. The molecule has 1 unspecified atom stereocenters. The molecule has 1 amide bonds. The number of rotatable bonds is 2. The van der Waals surface area contributed by atoms with Gasteiger partial charge in [0.1, 0.15) is 6.10 Å². The topological polar surface area (TPSA) is 49.3 Å². The Morgan fingerprint density at radius 1 is 1.33 bits per heavy atom. The third-order valence-corrected chi connectivity index (χ3v) is 4.93. The van der Waals surface area contributed by atoms with Crippen LogP contribution in [0.5, 0.6) is 0 Å². The number of aliphatic hydroxyl groups excluding tert-OH is 1. The Bertz CT molecular complexity index is 745. The second kappa shape index (κ2) is 5.44. The van der Waals surface area contributed by atoms with Gasteiger partial charge in [-0.05, 0) is 41.8 Å². The van der Waals surface area contributed by atoms with Crippen LogP contribution in [0.25, 0.3) is 0 Å². The van der Waals surface area contributed by atoms with E-state index in [1.54, 1.807) is 12.1 Å². The molecule has 1 aliphatic heterocycles. The van der Waals surface area contributed by atoms with Gasteiger partial charge in [-0.25, -0.2) is 0 Å². The van der Waals surface area contributed by atoms with Crippen LogP contribution in [0.15, 0.2) is 34.8 Å². The van der Waals surface area contributed by atoms with Crippen molar-refractivity contribution in [1.29, 1.82) is 0 Å². The summed E-state index contributed by atoms with van der Waals surface area (Å²) in [6, 6.07) is 9.19. The number of halogens is 2. The first kappa shape index (κ1) is 14.6. The molecule has 21 heavy (non-hydrogen) atoms. The SMILES string of the molecule is Cc1c(Br)cccc1C(O)c1cc2c(cc1Cl)NC(=O)C2. The third kappa shape index (κ3) is 2.59. The molecule has 0 saturated carbocycles. The molecule has 1 aliphatic rings. The van der Waals surface area contributed by atoms with Crippen molar-refractivity contribution >= 4 is 39.1 Å². The molecule has 0 bridgehead atoms. The standard InChI is InChI=1S/C16H13BrClNO2/c1-8-10(3-2-4-12(8)17)16(21)11-5-9-6-15(20)19-14(9)7-13(11)18/h2-5,7,16,21H,6H2,1H3,(H,19,20). The molecule has 0 spiro atoms. The van der Waals surface area contributed by atoms with Crippen molar-refractivity contribution in [2.45, 2.75) is 19.4 Å². The maximum absolute atomic E-state index is 11.4. The molecule has 2 aromatic carbocycles. The first-order chi connectivity index (χ1) is 9.97. The van der Waals surface area contributed by atoms with Gasteiger partial charge in [-0.2, -0.15) is 0 Å². The zero-order valence-corrected chi connectivity index (χ0v) is 13.6. The Balaban J connectivity index is 2.06. The largest absolute Gasteiger partial charge is 0.384 e. The minimum absolute atomic E-state index is 0.0497. The highest BCUT2D eigenvalue weighted by molar-refractivity contribution is 9.10. The highest BCUT2D eigenvalue weighted by Crippen LogP contribution is 2.37. The quantitative estimate of drug-likeness (QED) is 0.844. The molecule has 0 aromatic heterocycles. The van der Waals surface area contributed by atoms with Gasteiger partial charge in [-0.1, -0.05) is 39.7 Å². The molecule has 1 heterocycles. The molecule has 5 heteroatoms. The number of hydrogen-bond acceptors (Lipinski definition) is 2. The van der Waals surface area contributed by atoms with Crippen molar-refractivity contribution in [2.24, 2.45) is 0 Å². The summed E-state index contributed by atoms with van der Waals surface area (Å²) < 4.78 is 0.938. The van der Waals surface area contributed by atoms with Crippen LogP contribution in [0.2, 0.25) is 5.02 Å². The fourth-order valence-corrected chi connectivity index (χ4v) is 3.21. The molecule has 2 N–H and O–H groups in total. The van der Waals surface area contributed by atoms with Crippen molar-refractivity contribution in [2.75, 3.05) is 5.32 Å². The van der Waals surface area contributed by atoms with Crippen molar-refractivity contribution in [1.82, 2.24) is 0 Å². The molecular weight excluding hydrogens is 354 g/mol. The van der Waals surface area contributed by atoms with E-state index in [0.29, 0.717) is 17.0 Å². The van der Waals surface area contributed by atoms with Crippen LogP contribution in [0.3, 0.4) is 0 Å². The molecule has 0 radical (unpaired) electrons. The maximum Gasteiger partial charge on any atom is 0.228 e. The van der Waals surface area contributed by atoms with E-state index in [0.717, 1.165) is 26.9 Å². The Morgan fingerprint density at radius 3 is 2.86 bits per heavy atom. The highest BCUT2D eigenvalue weighted by atomic mass is 79.9. The van der Waals surface area contributed by atoms with Crippen LogP contribution in [-0.2, 0) is 11.2 Å². The number of hydrogen-bond donors (Lipinski definition) is 2. The lowest BCUT2D eigenvalue weighted by atomic mass is 9.95. The van der Waals surface area contributed by atoms with Gasteiger partial charge in [-0.15, -0.1) is 0 Å². The van der Waals surface area contributed by atoms with Crippen LogP contribution >= 0.6 is 27.5 Å². The predicted octanol–water partition coefficient (Wildman–Crippen LogP) is 3.99. The average Bonchev–Trinajstić information content (AvgIpc) is 2.79. The molecule has 2 aromatic rings. The lowest BCUT2D eigenvalue weighted by molar-refractivity contribution is -0.115. The molecule has 3 nitrogen and oxygen atoms in total. The number of amides is 1. The smallest absolute Gasteiger partial charge is 0.228 e. The van der Waals surface area contributed by atoms with Crippen molar-refractivity contribution < 1.29 is 9.90 Å². The van der Waals surface area contributed by atoms with E-state index >= 15 is 0 Å². The summed E-state index contributed by atoms with van der Waals surface area (Å²) in [5.74, 6) is -0.0497. The number of nitrogens with one attached hydrogen (secondary N) is 1. The maximum atomic E-state index is 11.4. The molecule has 108 valence electrons. The van der Waals surface area contributed by atoms with E-state index in [1.807, 2.05) is 25.1 Å². The van der Waals surface area contributed by atoms with E-state index in [4.69, 9.17) is 11.6 Å². The Labute approximate surface area is 136 Å². The van der Waals surface area contributed by atoms with Gasteiger partial charge >= 0.3 is 0 Å². The number of carbonyl (C=O) groups excluding carboxylic acids is 1. The monoisotopic (exact) mass is 365 g/mol. The normalized spacial score (nSPS) is 14.8. The summed E-state index contributed by atoms with van der Waals surface area (Å²) in [6.07, 6.45) is -0.500. The van der Waals surface area contributed by atoms with Crippen LogP contribution < -0.4 is 5.32 Å². The summed E-state index contributed by atoms with van der Waals surface area (Å²) >= 11 is 9.73. The predicted molar refractivity (Wildman–Crippen MR) is 86.7 cm³/mol. The summed E-state index contributed by atoms with van der Waals surface area (Å²) in [7, 11) is 0. The molecule has 0 saturated heterocycles. The lowest BCUT2D eigenvalue weighted by Crippen LogP contribution is -2.04. The number of benzene rings is 2. The van der Waals surface area contributed by atoms with E-state index in [9.17, 15) is 9.90 Å². The van der Waals surface area contributed by atoms with Gasteiger partial charge in [-0.3, -0.25) is 4.79 Å². The molecule has 3 rings (SSSR count). The zero-order chi connectivity index (χ0) is 15.1. The summed E-state index contributed by atoms with van der Waals surface area (Å²) in [4.78, 5) is 11.4. The molecule has 0 fully saturated rings. The van der Waals surface area contributed by atoms with Crippen LogP contribution in [0, 0.1) is 6.92 Å². The van der Waals surface area contributed by atoms with Gasteiger partial charge in [0.2, 0.25) is 5.91 Å². The van der Waals surface area contributed by atoms with Gasteiger partial charge in [0.25, 0.3) is 0 Å². The number of fused-ring (bicyclic) bond motifs is 1. The number of aliphatic hydroxyl groups is 1. The Kier molecular flexibility index (Phi) is 3.78. The summed E-state index contributed by atoms with van der Waals surface area (Å²) in [5.41, 5.74) is 3.98. The fraction of sp³-hybridized carbons (Fsp3) is 0.188. The van der Waals surface area contributed by atoms with E-state index in [1.165, 1.54) is 0 Å². The Hall–Kier alpha value is -1.36. The van der Waals surface area contributed by atoms with Gasteiger partial charge < -0.3 is 10.4 Å². The van der Waals surface area contributed by atoms with E-state index in [-0.39, 0.29) is 5.91 Å². The Morgan fingerprint density at radius 2 is 2.10 bits per heavy atom. The second-order valence-corrected chi connectivity index (χ2v) is 6.37. The van der Waals surface area contributed by atoms with Gasteiger partial charge in [0.05, 0.1) is 6.42 Å². The van der Waals surface area contributed by atoms with E-state index in [2.05, 4.69) is 21.2 Å². The van der Waals surface area contributed by atoms with Crippen LogP contribution in [0.1, 0.15) is 28.4 Å².